The van der Waals surface area contributed by atoms with E-state index in [0.717, 1.165) is 19.5 Å². The van der Waals surface area contributed by atoms with Crippen LogP contribution in [-0.2, 0) is 13.0 Å². The van der Waals surface area contributed by atoms with Crippen LogP contribution in [0.25, 0.3) is 27.7 Å². The molecule has 0 saturated carbocycles. The first-order chi connectivity index (χ1) is 13.2. The molecule has 0 radical (unpaired) electrons. The van der Waals surface area contributed by atoms with E-state index < -0.39 is 0 Å². The van der Waals surface area contributed by atoms with Crippen LogP contribution in [-0.4, -0.2) is 23.1 Å². The molecule has 3 aromatic carbocycles. The standard InChI is InChI=1S/C25H24N2/c1-18-12-13-24-21(16-18)22-17-26(2)15-14-25(22)27(24)23-11-7-6-10-20(23)19-8-4-3-5-9-19/h3-13,16H,14-15,17H2,1-2H3. The highest BCUT2D eigenvalue weighted by Gasteiger charge is 2.24. The van der Waals surface area contributed by atoms with Gasteiger partial charge in [0.15, 0.2) is 0 Å². The molecule has 0 fully saturated rings. The molecule has 27 heavy (non-hydrogen) atoms. The van der Waals surface area contributed by atoms with Crippen LogP contribution in [0.4, 0.5) is 0 Å². The second-order valence-electron chi connectivity index (χ2n) is 7.65. The van der Waals surface area contributed by atoms with Crippen LogP contribution in [0.1, 0.15) is 16.8 Å². The maximum Gasteiger partial charge on any atom is 0.0537 e. The van der Waals surface area contributed by atoms with E-state index in [4.69, 9.17) is 0 Å². The maximum absolute atomic E-state index is 2.51. The van der Waals surface area contributed by atoms with Crippen molar-refractivity contribution >= 4 is 10.9 Å². The molecule has 0 saturated heterocycles. The molecular weight excluding hydrogens is 328 g/mol. The number of nitrogens with zero attached hydrogens (tertiary/aromatic N) is 2. The summed E-state index contributed by atoms with van der Waals surface area (Å²) in [6.45, 7) is 4.32. The molecule has 0 amide bonds. The van der Waals surface area contributed by atoms with Crippen molar-refractivity contribution in [3.63, 3.8) is 0 Å². The van der Waals surface area contributed by atoms with Crippen LogP contribution >= 0.6 is 0 Å². The van der Waals surface area contributed by atoms with Gasteiger partial charge in [0.05, 0.1) is 11.2 Å². The van der Waals surface area contributed by atoms with Crippen LogP contribution < -0.4 is 0 Å². The summed E-state index contributed by atoms with van der Waals surface area (Å²) in [6, 6.07) is 26.4. The number of hydrogen-bond acceptors (Lipinski definition) is 1. The quantitative estimate of drug-likeness (QED) is 0.456. The number of aromatic nitrogens is 1. The Balaban J connectivity index is 1.83. The van der Waals surface area contributed by atoms with Gasteiger partial charge in [0, 0.05) is 36.2 Å². The number of likely N-dealkylation sites (N-methyl/N-ethyl adjacent to an activating group) is 1. The summed E-state index contributed by atoms with van der Waals surface area (Å²) in [5.74, 6) is 0. The molecule has 1 aromatic heterocycles. The minimum Gasteiger partial charge on any atom is -0.313 e. The lowest BCUT2D eigenvalue weighted by molar-refractivity contribution is 0.311. The van der Waals surface area contributed by atoms with Gasteiger partial charge in [0.25, 0.3) is 0 Å². The summed E-state index contributed by atoms with van der Waals surface area (Å²) in [7, 11) is 2.22. The van der Waals surface area contributed by atoms with Gasteiger partial charge in [0.2, 0.25) is 0 Å². The summed E-state index contributed by atoms with van der Waals surface area (Å²) in [6.07, 6.45) is 1.09. The fourth-order valence-electron chi connectivity index (χ4n) is 4.41. The first kappa shape index (κ1) is 16.3. The molecule has 2 heteroatoms. The van der Waals surface area contributed by atoms with Crippen LogP contribution in [0.5, 0.6) is 0 Å². The molecule has 2 nitrogen and oxygen atoms in total. The van der Waals surface area contributed by atoms with Crippen molar-refractivity contribution in [3.05, 3.63) is 89.6 Å². The minimum atomic E-state index is 1.02. The number of hydrogen-bond donors (Lipinski definition) is 0. The molecule has 0 N–H and O–H groups in total. The number of aryl methyl sites for hydroxylation is 1. The first-order valence-corrected chi connectivity index (χ1v) is 9.68. The zero-order valence-electron chi connectivity index (χ0n) is 15.9. The molecule has 4 aromatic rings. The third kappa shape index (κ3) is 2.68. The van der Waals surface area contributed by atoms with Crippen molar-refractivity contribution in [2.24, 2.45) is 0 Å². The molecule has 1 aliphatic heterocycles. The Bertz CT molecular complexity index is 1120. The largest absolute Gasteiger partial charge is 0.313 e. The lowest BCUT2D eigenvalue weighted by atomic mass is 10.0. The Kier molecular flexibility index (Phi) is 3.87. The summed E-state index contributed by atoms with van der Waals surface area (Å²) in [4.78, 5) is 2.43. The second-order valence-corrected chi connectivity index (χ2v) is 7.65. The van der Waals surface area contributed by atoms with Gasteiger partial charge in [-0.25, -0.2) is 0 Å². The molecule has 0 atom stereocenters. The van der Waals surface area contributed by atoms with Crippen molar-refractivity contribution < 1.29 is 0 Å². The Hall–Kier alpha value is -2.84. The second kappa shape index (κ2) is 6.40. The average Bonchev–Trinajstić information content (AvgIpc) is 3.01. The zero-order chi connectivity index (χ0) is 18.4. The van der Waals surface area contributed by atoms with Crippen molar-refractivity contribution in [1.29, 1.82) is 0 Å². The zero-order valence-corrected chi connectivity index (χ0v) is 15.9. The van der Waals surface area contributed by atoms with E-state index in [-0.39, 0.29) is 0 Å². The number of benzene rings is 3. The summed E-state index contributed by atoms with van der Waals surface area (Å²) < 4.78 is 2.51. The number of para-hydroxylation sites is 1. The van der Waals surface area contributed by atoms with E-state index in [9.17, 15) is 0 Å². The molecule has 1 aliphatic rings. The van der Waals surface area contributed by atoms with Crippen LogP contribution in [0.15, 0.2) is 72.8 Å². The van der Waals surface area contributed by atoms with Crippen molar-refractivity contribution in [1.82, 2.24) is 9.47 Å². The molecule has 2 heterocycles. The highest BCUT2D eigenvalue weighted by molar-refractivity contribution is 5.90. The predicted octanol–water partition coefficient (Wildman–Crippen LogP) is 5.59. The Labute approximate surface area is 160 Å². The number of rotatable bonds is 2. The van der Waals surface area contributed by atoms with Crippen molar-refractivity contribution in [3.8, 4) is 16.8 Å². The average molecular weight is 352 g/mol. The van der Waals surface area contributed by atoms with E-state index in [2.05, 4.69) is 96.2 Å². The molecule has 0 unspecified atom stereocenters. The van der Waals surface area contributed by atoms with Crippen molar-refractivity contribution in [2.45, 2.75) is 19.9 Å². The number of fused-ring (bicyclic) bond motifs is 3. The SMILES string of the molecule is Cc1ccc2c(c1)c1c(n2-c2ccccc2-c2ccccc2)CCN(C)C1. The lowest BCUT2D eigenvalue weighted by Gasteiger charge is -2.25. The normalized spacial score (nSPS) is 14.4. The third-order valence-electron chi connectivity index (χ3n) is 5.72. The fourth-order valence-corrected chi connectivity index (χ4v) is 4.41. The molecule has 0 bridgehead atoms. The van der Waals surface area contributed by atoms with E-state index in [1.54, 1.807) is 0 Å². The monoisotopic (exact) mass is 352 g/mol. The third-order valence-corrected chi connectivity index (χ3v) is 5.72. The van der Waals surface area contributed by atoms with Gasteiger partial charge in [0.1, 0.15) is 0 Å². The van der Waals surface area contributed by atoms with Crippen LogP contribution in [0, 0.1) is 6.92 Å². The fraction of sp³-hybridized carbons (Fsp3) is 0.200. The van der Waals surface area contributed by atoms with Crippen LogP contribution in [0.3, 0.4) is 0 Å². The highest BCUT2D eigenvalue weighted by Crippen LogP contribution is 2.37. The molecular formula is C25H24N2. The molecule has 0 spiro atoms. The Morgan fingerprint density at radius 1 is 0.852 bits per heavy atom. The van der Waals surface area contributed by atoms with E-state index >= 15 is 0 Å². The Morgan fingerprint density at radius 3 is 2.48 bits per heavy atom. The van der Waals surface area contributed by atoms with Gasteiger partial charge in [-0.15, -0.1) is 0 Å². The van der Waals surface area contributed by atoms with Gasteiger partial charge in [-0.3, -0.25) is 0 Å². The van der Waals surface area contributed by atoms with Gasteiger partial charge >= 0.3 is 0 Å². The Morgan fingerprint density at radius 2 is 1.63 bits per heavy atom. The van der Waals surface area contributed by atoms with E-state index in [1.807, 2.05) is 0 Å². The molecule has 5 rings (SSSR count). The molecule has 0 aliphatic carbocycles. The van der Waals surface area contributed by atoms with Gasteiger partial charge in [-0.2, -0.15) is 0 Å². The molecule has 134 valence electrons. The summed E-state index contributed by atoms with van der Waals surface area (Å²) in [5.41, 5.74) is 9.45. The highest BCUT2D eigenvalue weighted by atomic mass is 15.1. The predicted molar refractivity (Wildman–Crippen MR) is 113 cm³/mol. The van der Waals surface area contributed by atoms with Gasteiger partial charge < -0.3 is 9.47 Å². The minimum absolute atomic E-state index is 1.02. The van der Waals surface area contributed by atoms with E-state index in [1.165, 1.54) is 44.5 Å². The van der Waals surface area contributed by atoms with E-state index in [0.29, 0.717) is 0 Å². The van der Waals surface area contributed by atoms with Crippen LogP contribution in [0.2, 0.25) is 0 Å². The smallest absolute Gasteiger partial charge is 0.0537 e. The van der Waals surface area contributed by atoms with Gasteiger partial charge in [-0.05, 0) is 43.3 Å². The lowest BCUT2D eigenvalue weighted by Crippen LogP contribution is -2.27. The summed E-state index contributed by atoms with van der Waals surface area (Å²) in [5, 5.41) is 1.40. The van der Waals surface area contributed by atoms with Crippen molar-refractivity contribution in [2.75, 3.05) is 13.6 Å². The maximum atomic E-state index is 2.51. The topological polar surface area (TPSA) is 8.17 Å². The van der Waals surface area contributed by atoms with Gasteiger partial charge in [-0.1, -0.05) is 60.2 Å². The first-order valence-electron chi connectivity index (χ1n) is 9.68. The summed E-state index contributed by atoms with van der Waals surface area (Å²) >= 11 is 0.